The quantitative estimate of drug-likeness (QED) is 0.906. The Kier molecular flexibility index (Phi) is 2.82. The Labute approximate surface area is 104 Å². The lowest BCUT2D eigenvalue weighted by Gasteiger charge is -2.10. The molecule has 1 heterocycles. The van der Waals surface area contributed by atoms with Crippen molar-refractivity contribution in [3.63, 3.8) is 0 Å². The Hall–Kier alpha value is -1.39. The van der Waals surface area contributed by atoms with Crippen LogP contribution in [0.25, 0.3) is 0 Å². The fraction of sp³-hybridized carbons (Fsp3) is 0.308. The summed E-state index contributed by atoms with van der Waals surface area (Å²) >= 11 is 1.59. The van der Waals surface area contributed by atoms with Crippen molar-refractivity contribution < 1.29 is 9.84 Å². The fourth-order valence-corrected chi connectivity index (χ4v) is 2.70. The van der Waals surface area contributed by atoms with Gasteiger partial charge in [0.1, 0.15) is 12.4 Å². The van der Waals surface area contributed by atoms with E-state index in [1.807, 2.05) is 24.4 Å². The largest absolute Gasteiger partial charge is 0.488 e. The maximum atomic E-state index is 9.79. The lowest BCUT2D eigenvalue weighted by molar-refractivity contribution is 0.180. The molecule has 1 aromatic heterocycles. The lowest BCUT2D eigenvalue weighted by atomic mass is 10.1. The van der Waals surface area contributed by atoms with Crippen LogP contribution in [0.5, 0.6) is 5.75 Å². The molecule has 1 aliphatic carbocycles. The molecule has 0 saturated heterocycles. The van der Waals surface area contributed by atoms with Crippen LogP contribution >= 0.6 is 11.3 Å². The summed E-state index contributed by atoms with van der Waals surface area (Å²) < 4.78 is 5.80. The van der Waals surface area contributed by atoms with Crippen LogP contribution in [0.2, 0.25) is 0 Å². The first-order chi connectivity index (χ1) is 8.34. The molecule has 1 atom stereocenters. The first-order valence-corrected chi connectivity index (χ1v) is 6.52. The highest BCUT2D eigenvalue weighted by Crippen LogP contribution is 2.36. The fourth-order valence-electron chi connectivity index (χ4n) is 2.20. The van der Waals surface area contributed by atoms with E-state index in [1.165, 1.54) is 0 Å². The zero-order valence-electron chi connectivity index (χ0n) is 9.30. The van der Waals surface area contributed by atoms with E-state index in [0.29, 0.717) is 6.61 Å². The van der Waals surface area contributed by atoms with E-state index in [4.69, 9.17) is 4.74 Å². The summed E-state index contributed by atoms with van der Waals surface area (Å²) in [6, 6.07) is 5.89. The van der Waals surface area contributed by atoms with Gasteiger partial charge in [-0.3, -0.25) is 4.98 Å². The molecule has 17 heavy (non-hydrogen) atoms. The van der Waals surface area contributed by atoms with Crippen LogP contribution in [-0.2, 0) is 13.0 Å². The predicted octanol–water partition coefficient (Wildman–Crippen LogP) is 2.70. The lowest BCUT2D eigenvalue weighted by Crippen LogP contribution is -1.97. The summed E-state index contributed by atoms with van der Waals surface area (Å²) in [6.07, 6.45) is 3.20. The van der Waals surface area contributed by atoms with Gasteiger partial charge in [0.25, 0.3) is 0 Å². The number of aromatic nitrogens is 1. The second-order valence-electron chi connectivity index (χ2n) is 4.13. The molecular weight excluding hydrogens is 234 g/mol. The van der Waals surface area contributed by atoms with Gasteiger partial charge in [0, 0.05) is 11.8 Å². The molecule has 1 aliphatic rings. The highest BCUT2D eigenvalue weighted by molar-refractivity contribution is 7.09. The second kappa shape index (κ2) is 4.47. The van der Waals surface area contributed by atoms with Gasteiger partial charge in [0.05, 0.1) is 16.5 Å². The van der Waals surface area contributed by atoms with Crippen LogP contribution in [0.15, 0.2) is 29.9 Å². The minimum absolute atomic E-state index is 0.322. The number of benzene rings is 1. The molecule has 88 valence electrons. The van der Waals surface area contributed by atoms with Crippen LogP contribution in [0.4, 0.5) is 0 Å². The van der Waals surface area contributed by atoms with E-state index < -0.39 is 0 Å². The molecule has 1 N–H and O–H groups in total. The van der Waals surface area contributed by atoms with Crippen molar-refractivity contribution in [2.24, 2.45) is 0 Å². The number of rotatable bonds is 3. The van der Waals surface area contributed by atoms with Crippen molar-refractivity contribution in [1.82, 2.24) is 4.98 Å². The number of aliphatic hydroxyl groups is 1. The number of aliphatic hydroxyl groups excluding tert-OH is 1. The molecule has 0 spiro atoms. The van der Waals surface area contributed by atoms with Crippen molar-refractivity contribution in [2.45, 2.75) is 25.6 Å². The summed E-state index contributed by atoms with van der Waals surface area (Å²) in [5.41, 5.74) is 3.98. The summed E-state index contributed by atoms with van der Waals surface area (Å²) in [5, 5.41) is 9.79. The molecule has 0 aliphatic heterocycles. The van der Waals surface area contributed by atoms with Crippen molar-refractivity contribution >= 4 is 11.3 Å². The smallest absolute Gasteiger partial charge is 0.124 e. The van der Waals surface area contributed by atoms with Gasteiger partial charge >= 0.3 is 0 Å². The van der Waals surface area contributed by atoms with Gasteiger partial charge in [-0.25, -0.2) is 0 Å². The van der Waals surface area contributed by atoms with Crippen molar-refractivity contribution in [2.75, 3.05) is 0 Å². The van der Waals surface area contributed by atoms with Crippen molar-refractivity contribution in [3.8, 4) is 5.75 Å². The predicted molar refractivity (Wildman–Crippen MR) is 66.2 cm³/mol. The van der Waals surface area contributed by atoms with Crippen LogP contribution in [0.3, 0.4) is 0 Å². The van der Waals surface area contributed by atoms with Crippen LogP contribution in [0.1, 0.15) is 28.5 Å². The first kappa shape index (κ1) is 10.7. The van der Waals surface area contributed by atoms with E-state index >= 15 is 0 Å². The van der Waals surface area contributed by atoms with Crippen molar-refractivity contribution in [3.05, 3.63) is 45.9 Å². The Morgan fingerprint density at radius 2 is 2.41 bits per heavy atom. The average Bonchev–Trinajstić information content (AvgIpc) is 2.97. The first-order valence-electron chi connectivity index (χ1n) is 5.64. The Morgan fingerprint density at radius 1 is 1.47 bits per heavy atom. The molecule has 0 fully saturated rings. The van der Waals surface area contributed by atoms with E-state index in [1.54, 1.807) is 16.8 Å². The highest BCUT2D eigenvalue weighted by Gasteiger charge is 2.23. The maximum absolute atomic E-state index is 9.79. The Morgan fingerprint density at radius 3 is 3.24 bits per heavy atom. The third kappa shape index (κ3) is 2.06. The SMILES string of the molecule is OC1CCc2c(OCc3cncs3)cccc21. The molecule has 1 unspecified atom stereocenters. The number of nitrogens with zero attached hydrogens (tertiary/aromatic N) is 1. The number of ether oxygens (including phenoxy) is 1. The third-order valence-electron chi connectivity index (χ3n) is 3.05. The van der Waals surface area contributed by atoms with Gasteiger partial charge < -0.3 is 9.84 Å². The molecule has 2 aromatic rings. The molecule has 4 heteroatoms. The maximum Gasteiger partial charge on any atom is 0.124 e. The highest BCUT2D eigenvalue weighted by atomic mass is 32.1. The molecule has 0 bridgehead atoms. The second-order valence-corrected chi connectivity index (χ2v) is 5.11. The van der Waals surface area contributed by atoms with Gasteiger partial charge in [-0.2, -0.15) is 0 Å². The molecule has 3 rings (SSSR count). The van der Waals surface area contributed by atoms with E-state index in [9.17, 15) is 5.11 Å². The van der Waals surface area contributed by atoms with Crippen LogP contribution < -0.4 is 4.74 Å². The van der Waals surface area contributed by atoms with Gasteiger partial charge in [-0.15, -0.1) is 11.3 Å². The topological polar surface area (TPSA) is 42.4 Å². The molecule has 0 radical (unpaired) electrons. The van der Waals surface area contributed by atoms with Gasteiger partial charge in [-0.05, 0) is 24.5 Å². The average molecular weight is 247 g/mol. The van der Waals surface area contributed by atoms with Crippen LogP contribution in [-0.4, -0.2) is 10.1 Å². The number of hydrogen-bond acceptors (Lipinski definition) is 4. The minimum atomic E-state index is -0.322. The Balaban J connectivity index is 1.80. The van der Waals surface area contributed by atoms with Gasteiger partial charge in [-0.1, -0.05) is 12.1 Å². The van der Waals surface area contributed by atoms with Crippen molar-refractivity contribution in [1.29, 1.82) is 0 Å². The van der Waals surface area contributed by atoms with E-state index in [-0.39, 0.29) is 6.10 Å². The summed E-state index contributed by atoms with van der Waals surface area (Å²) in [4.78, 5) is 5.13. The van der Waals surface area contributed by atoms with E-state index in [2.05, 4.69) is 4.98 Å². The molecular formula is C13H13NO2S. The van der Waals surface area contributed by atoms with Crippen LogP contribution in [0, 0.1) is 0 Å². The zero-order valence-corrected chi connectivity index (χ0v) is 10.1. The molecule has 0 amide bonds. The van der Waals surface area contributed by atoms with E-state index in [0.717, 1.165) is 34.6 Å². The summed E-state index contributed by atoms with van der Waals surface area (Å²) in [5.74, 6) is 0.896. The normalized spacial score (nSPS) is 18.1. The van der Waals surface area contributed by atoms with Gasteiger partial charge in [0.15, 0.2) is 0 Å². The van der Waals surface area contributed by atoms with Gasteiger partial charge in [0.2, 0.25) is 0 Å². The molecule has 0 saturated carbocycles. The molecule has 1 aromatic carbocycles. The number of thiazole rings is 1. The third-order valence-corrected chi connectivity index (χ3v) is 3.80. The number of fused-ring (bicyclic) bond motifs is 1. The Bertz CT molecular complexity index is 510. The summed E-state index contributed by atoms with van der Waals surface area (Å²) in [6.45, 7) is 0.553. The standard InChI is InChI=1S/C13H13NO2S/c15-12-5-4-11-10(12)2-1-3-13(11)16-7-9-6-14-8-17-9/h1-3,6,8,12,15H,4-5,7H2. The summed E-state index contributed by atoms with van der Waals surface area (Å²) in [7, 11) is 0. The minimum Gasteiger partial charge on any atom is -0.488 e. The zero-order chi connectivity index (χ0) is 11.7. The molecule has 3 nitrogen and oxygen atoms in total. The monoisotopic (exact) mass is 247 g/mol. The number of hydrogen-bond donors (Lipinski definition) is 1.